The van der Waals surface area contributed by atoms with Crippen molar-refractivity contribution in [1.29, 1.82) is 0 Å². The minimum atomic E-state index is -0.303. The van der Waals surface area contributed by atoms with Crippen molar-refractivity contribution in [3.63, 3.8) is 0 Å². The fraction of sp³-hybridized carbons (Fsp3) is 0.158. The molecule has 0 aliphatic rings. The zero-order valence-corrected chi connectivity index (χ0v) is 16.8. The predicted octanol–water partition coefficient (Wildman–Crippen LogP) is 4.67. The number of nitrogens with zero attached hydrogens (tertiary/aromatic N) is 2. The highest BCUT2D eigenvalue weighted by Crippen LogP contribution is 2.34. The summed E-state index contributed by atoms with van der Waals surface area (Å²) >= 11 is 8.36. The van der Waals surface area contributed by atoms with Crippen LogP contribution in [0.1, 0.15) is 5.56 Å². The number of amides is 1. The Morgan fingerprint density at radius 1 is 1.31 bits per heavy atom. The Balaban J connectivity index is 1.71. The van der Waals surface area contributed by atoms with Gasteiger partial charge >= 0.3 is 0 Å². The average molecular weight is 485 g/mol. The van der Waals surface area contributed by atoms with Crippen LogP contribution in [-0.4, -0.2) is 29.4 Å². The monoisotopic (exact) mass is 484 g/mol. The first-order valence-corrected chi connectivity index (χ1v) is 9.25. The lowest BCUT2D eigenvalue weighted by Gasteiger charge is -2.18. The molecule has 0 aliphatic heterocycles. The first kappa shape index (κ1) is 18.8. The fourth-order valence-corrected chi connectivity index (χ4v) is 3.65. The third-order valence-electron chi connectivity index (χ3n) is 3.85. The van der Waals surface area contributed by atoms with Crippen LogP contribution in [0.3, 0.4) is 0 Å². The topological polar surface area (TPSA) is 42.4 Å². The summed E-state index contributed by atoms with van der Waals surface area (Å²) in [6.45, 7) is 0.250. The summed E-state index contributed by atoms with van der Waals surface area (Å²) in [5, 5.41) is 1.36. The molecule has 0 unspecified atom stereocenters. The molecular formula is C19H15ClFIN2O2. The number of benzene rings is 2. The van der Waals surface area contributed by atoms with E-state index in [9.17, 15) is 9.18 Å². The molecule has 4 nitrogen and oxygen atoms in total. The third-order valence-corrected chi connectivity index (χ3v) is 4.96. The number of aromatic nitrogens is 1. The fourth-order valence-electron chi connectivity index (χ4n) is 2.48. The standard InChI is InChI=1S/C19H15ClFIN2O2/c1-24(10-12-4-6-13(21)7-5-12)17(25)11-26-19-16(22)9-15(20)14-3-2-8-23-18(14)19/h2-9H,10-11H2,1H3. The molecule has 0 bridgehead atoms. The van der Waals surface area contributed by atoms with Gasteiger partial charge in [0.05, 0.1) is 8.59 Å². The Hall–Kier alpha value is -1.93. The molecule has 1 aromatic heterocycles. The van der Waals surface area contributed by atoms with Gasteiger partial charge in [0.2, 0.25) is 0 Å². The van der Waals surface area contributed by atoms with E-state index >= 15 is 0 Å². The first-order valence-electron chi connectivity index (χ1n) is 7.79. The number of pyridine rings is 1. The van der Waals surface area contributed by atoms with Gasteiger partial charge in [-0.25, -0.2) is 4.39 Å². The van der Waals surface area contributed by atoms with Crippen molar-refractivity contribution in [1.82, 2.24) is 9.88 Å². The molecule has 0 fully saturated rings. The van der Waals surface area contributed by atoms with Crippen LogP contribution in [0, 0.1) is 9.39 Å². The number of fused-ring (bicyclic) bond motifs is 1. The van der Waals surface area contributed by atoms with Gasteiger partial charge in [0.15, 0.2) is 12.4 Å². The van der Waals surface area contributed by atoms with E-state index < -0.39 is 0 Å². The number of rotatable bonds is 5. The Kier molecular flexibility index (Phi) is 5.93. The van der Waals surface area contributed by atoms with Crippen LogP contribution in [-0.2, 0) is 11.3 Å². The largest absolute Gasteiger partial charge is 0.480 e. The van der Waals surface area contributed by atoms with Gasteiger partial charge in [0, 0.05) is 25.2 Å². The van der Waals surface area contributed by atoms with Crippen LogP contribution >= 0.6 is 34.2 Å². The molecule has 3 rings (SSSR count). The number of hydrogen-bond donors (Lipinski definition) is 0. The van der Waals surface area contributed by atoms with Crippen LogP contribution in [0.15, 0.2) is 48.7 Å². The van der Waals surface area contributed by atoms with E-state index in [0.29, 0.717) is 22.8 Å². The number of likely N-dealkylation sites (N-methyl/N-ethyl adjacent to an activating group) is 1. The van der Waals surface area contributed by atoms with Crippen LogP contribution in [0.25, 0.3) is 10.9 Å². The summed E-state index contributed by atoms with van der Waals surface area (Å²) < 4.78 is 19.5. The van der Waals surface area contributed by atoms with Gasteiger partial charge in [-0.05, 0) is 58.5 Å². The van der Waals surface area contributed by atoms with Crippen LogP contribution < -0.4 is 4.74 Å². The van der Waals surface area contributed by atoms with Crippen LogP contribution in [0.2, 0.25) is 5.02 Å². The van der Waals surface area contributed by atoms with Crippen LogP contribution in [0.5, 0.6) is 5.75 Å². The summed E-state index contributed by atoms with van der Waals surface area (Å²) in [6.07, 6.45) is 1.66. The van der Waals surface area contributed by atoms with Crippen molar-refractivity contribution >= 4 is 51.0 Å². The molecule has 7 heteroatoms. The smallest absolute Gasteiger partial charge is 0.260 e. The molecule has 134 valence electrons. The maximum Gasteiger partial charge on any atom is 0.260 e. The van der Waals surface area contributed by atoms with Crippen molar-refractivity contribution in [2.75, 3.05) is 13.7 Å². The van der Waals surface area contributed by atoms with E-state index in [4.69, 9.17) is 16.3 Å². The number of carbonyl (C=O) groups is 1. The van der Waals surface area contributed by atoms with Crippen molar-refractivity contribution in [2.24, 2.45) is 0 Å². The average Bonchev–Trinajstić information content (AvgIpc) is 2.63. The molecule has 3 aromatic rings. The van der Waals surface area contributed by atoms with Crippen molar-refractivity contribution < 1.29 is 13.9 Å². The molecule has 0 N–H and O–H groups in total. The van der Waals surface area contributed by atoms with E-state index in [-0.39, 0.29) is 18.3 Å². The number of hydrogen-bond acceptors (Lipinski definition) is 3. The predicted molar refractivity (Wildman–Crippen MR) is 108 cm³/mol. The second kappa shape index (κ2) is 8.18. The second-order valence-corrected chi connectivity index (χ2v) is 7.30. The number of carbonyl (C=O) groups excluding carboxylic acids is 1. The molecular weight excluding hydrogens is 470 g/mol. The quantitative estimate of drug-likeness (QED) is 0.494. The van der Waals surface area contributed by atoms with E-state index in [1.54, 1.807) is 37.5 Å². The molecule has 0 atom stereocenters. The summed E-state index contributed by atoms with van der Waals surface area (Å²) in [7, 11) is 1.68. The summed E-state index contributed by atoms with van der Waals surface area (Å²) in [5.74, 6) is 0.0426. The van der Waals surface area contributed by atoms with Gasteiger partial charge < -0.3 is 9.64 Å². The molecule has 0 spiro atoms. The lowest BCUT2D eigenvalue weighted by Crippen LogP contribution is -2.31. The van der Waals surface area contributed by atoms with Crippen molar-refractivity contribution in [3.05, 3.63) is 68.6 Å². The van der Waals surface area contributed by atoms with E-state index in [1.165, 1.54) is 17.0 Å². The van der Waals surface area contributed by atoms with Crippen LogP contribution in [0.4, 0.5) is 4.39 Å². The minimum Gasteiger partial charge on any atom is -0.480 e. The highest BCUT2D eigenvalue weighted by molar-refractivity contribution is 14.1. The van der Waals surface area contributed by atoms with E-state index in [0.717, 1.165) is 14.5 Å². The molecule has 26 heavy (non-hydrogen) atoms. The van der Waals surface area contributed by atoms with Gasteiger partial charge in [-0.2, -0.15) is 0 Å². The Bertz CT molecular complexity index is 950. The lowest BCUT2D eigenvalue weighted by molar-refractivity contribution is -0.132. The highest BCUT2D eigenvalue weighted by Gasteiger charge is 2.15. The maximum atomic E-state index is 13.0. The summed E-state index contributed by atoms with van der Waals surface area (Å²) in [5.41, 5.74) is 1.47. The zero-order chi connectivity index (χ0) is 18.7. The Morgan fingerprint density at radius 3 is 2.77 bits per heavy atom. The molecule has 0 radical (unpaired) electrons. The normalized spacial score (nSPS) is 10.8. The second-order valence-electron chi connectivity index (χ2n) is 5.73. The number of ether oxygens (including phenoxy) is 1. The summed E-state index contributed by atoms with van der Waals surface area (Å²) in [6, 6.07) is 11.5. The molecule has 0 aliphatic carbocycles. The zero-order valence-electron chi connectivity index (χ0n) is 13.9. The van der Waals surface area contributed by atoms with Gasteiger partial charge in [-0.3, -0.25) is 9.78 Å². The Labute approximate surface area is 169 Å². The summed E-state index contributed by atoms with van der Waals surface area (Å²) in [4.78, 5) is 18.2. The van der Waals surface area contributed by atoms with E-state index in [1.807, 2.05) is 6.07 Å². The van der Waals surface area contributed by atoms with Gasteiger partial charge in [-0.1, -0.05) is 23.7 Å². The third kappa shape index (κ3) is 4.24. The number of halogens is 3. The van der Waals surface area contributed by atoms with Gasteiger partial charge in [0.25, 0.3) is 5.91 Å². The molecule has 1 amide bonds. The minimum absolute atomic E-state index is 0.124. The van der Waals surface area contributed by atoms with Gasteiger partial charge in [0.1, 0.15) is 11.3 Å². The lowest BCUT2D eigenvalue weighted by atomic mass is 10.2. The van der Waals surface area contributed by atoms with Crippen molar-refractivity contribution in [2.45, 2.75) is 6.54 Å². The van der Waals surface area contributed by atoms with Gasteiger partial charge in [-0.15, -0.1) is 0 Å². The van der Waals surface area contributed by atoms with E-state index in [2.05, 4.69) is 27.6 Å². The maximum absolute atomic E-state index is 13.0. The Morgan fingerprint density at radius 2 is 2.04 bits per heavy atom. The SMILES string of the molecule is CN(Cc1ccc(F)cc1)C(=O)COc1c(I)cc(Cl)c2cccnc12. The first-order chi connectivity index (χ1) is 12.5. The molecule has 0 saturated carbocycles. The highest BCUT2D eigenvalue weighted by atomic mass is 127. The molecule has 1 heterocycles. The molecule has 2 aromatic carbocycles. The van der Waals surface area contributed by atoms with Crippen molar-refractivity contribution in [3.8, 4) is 5.75 Å². The molecule has 0 saturated heterocycles.